The molecular weight excluding hydrogens is 508 g/mol. The number of piperidine rings is 1. The minimum Gasteiger partial charge on any atom is -0.445 e. The van der Waals surface area contributed by atoms with Gasteiger partial charge in [-0.15, -0.1) is 10.2 Å². The van der Waals surface area contributed by atoms with Gasteiger partial charge in [-0.2, -0.15) is 4.98 Å². The predicted molar refractivity (Wildman–Crippen MR) is 151 cm³/mol. The molecule has 0 radical (unpaired) electrons. The van der Waals surface area contributed by atoms with E-state index in [0.29, 0.717) is 36.2 Å². The third-order valence-electron chi connectivity index (χ3n) is 6.79. The van der Waals surface area contributed by atoms with Gasteiger partial charge in [-0.3, -0.25) is 9.59 Å². The van der Waals surface area contributed by atoms with E-state index in [9.17, 15) is 9.59 Å². The molecule has 1 aliphatic heterocycles. The number of anilines is 3. The number of nitrogens with two attached hydrogens (primary N) is 1. The van der Waals surface area contributed by atoms with Crippen LogP contribution >= 0.6 is 0 Å². The maximum atomic E-state index is 12.9. The lowest BCUT2D eigenvalue weighted by Crippen LogP contribution is -2.48. The monoisotopic (exact) mass is 540 g/mol. The van der Waals surface area contributed by atoms with Crippen molar-refractivity contribution in [3.8, 4) is 11.5 Å². The predicted octanol–water partition coefficient (Wildman–Crippen LogP) is 4.07. The molecule has 11 heteroatoms. The molecule has 1 aliphatic rings. The van der Waals surface area contributed by atoms with Gasteiger partial charge in [-0.25, -0.2) is 4.98 Å². The molecule has 4 aromatic rings. The van der Waals surface area contributed by atoms with Crippen LogP contribution in [0, 0.1) is 0 Å². The van der Waals surface area contributed by atoms with Crippen LogP contribution in [0.1, 0.15) is 60.0 Å². The number of benzene rings is 2. The number of aromatic nitrogens is 4. The van der Waals surface area contributed by atoms with E-state index in [1.165, 1.54) is 11.8 Å². The van der Waals surface area contributed by atoms with Crippen LogP contribution in [0.5, 0.6) is 0 Å². The number of oxazole rings is 1. The zero-order valence-electron chi connectivity index (χ0n) is 22.7. The lowest BCUT2D eigenvalue weighted by Gasteiger charge is -2.33. The fourth-order valence-corrected chi connectivity index (χ4v) is 4.57. The Bertz CT molecular complexity index is 1480. The summed E-state index contributed by atoms with van der Waals surface area (Å²) in [5.74, 6) is 0.186. The van der Waals surface area contributed by atoms with Crippen molar-refractivity contribution in [1.29, 1.82) is 0 Å². The van der Waals surface area contributed by atoms with E-state index in [-0.39, 0.29) is 28.9 Å². The Kier molecular flexibility index (Phi) is 7.45. The Morgan fingerprint density at radius 3 is 2.45 bits per heavy atom. The molecule has 3 heterocycles. The van der Waals surface area contributed by atoms with E-state index in [0.717, 1.165) is 18.4 Å². The average Bonchev–Trinajstić information content (AvgIpc) is 3.48. The summed E-state index contributed by atoms with van der Waals surface area (Å²) >= 11 is 0. The summed E-state index contributed by atoms with van der Waals surface area (Å²) in [5, 5.41) is 14.5. The number of hydrogen-bond donors (Lipinski definition) is 3. The maximum absolute atomic E-state index is 12.9. The Morgan fingerprint density at radius 1 is 1.05 bits per heavy atom. The molecule has 5 rings (SSSR count). The minimum atomic E-state index is -0.744. The molecule has 0 spiro atoms. The van der Waals surface area contributed by atoms with Gasteiger partial charge < -0.3 is 25.7 Å². The normalized spacial score (nSPS) is 15.5. The first-order valence-electron chi connectivity index (χ1n) is 13.2. The van der Waals surface area contributed by atoms with Crippen molar-refractivity contribution < 1.29 is 14.0 Å². The number of rotatable bonds is 7. The first kappa shape index (κ1) is 26.8. The SMILES string of the molecule is CC(C)(C)c1ccc(C(=O)N[C@@H]2CCCN(c3nnc(C(N)=O)c(Nc4ccc(-c5ncco5)cc4)n3)C2)cc1. The zero-order chi connectivity index (χ0) is 28.3. The van der Waals surface area contributed by atoms with Crippen molar-refractivity contribution in [2.75, 3.05) is 23.3 Å². The summed E-state index contributed by atoms with van der Waals surface area (Å²) < 4.78 is 5.33. The molecule has 0 aliphatic carbocycles. The van der Waals surface area contributed by atoms with E-state index >= 15 is 0 Å². The van der Waals surface area contributed by atoms with Gasteiger partial charge in [0.1, 0.15) is 6.26 Å². The van der Waals surface area contributed by atoms with Crippen molar-refractivity contribution in [1.82, 2.24) is 25.5 Å². The quantitative estimate of drug-likeness (QED) is 0.315. The molecule has 4 N–H and O–H groups in total. The molecule has 1 atom stereocenters. The Morgan fingerprint density at radius 2 is 1.80 bits per heavy atom. The summed E-state index contributed by atoms with van der Waals surface area (Å²) in [6.45, 7) is 7.62. The van der Waals surface area contributed by atoms with E-state index in [1.807, 2.05) is 53.4 Å². The van der Waals surface area contributed by atoms with Crippen LogP contribution in [0.2, 0.25) is 0 Å². The highest BCUT2D eigenvalue weighted by Gasteiger charge is 2.26. The summed E-state index contributed by atoms with van der Waals surface area (Å²) in [6, 6.07) is 14.9. The molecule has 0 unspecified atom stereocenters. The van der Waals surface area contributed by atoms with Crippen LogP contribution in [0.3, 0.4) is 0 Å². The molecule has 2 aromatic heterocycles. The third-order valence-corrected chi connectivity index (χ3v) is 6.79. The minimum absolute atomic E-state index is 0.0194. The molecule has 0 saturated carbocycles. The average molecular weight is 541 g/mol. The maximum Gasteiger partial charge on any atom is 0.273 e. The molecule has 1 fully saturated rings. The molecule has 40 heavy (non-hydrogen) atoms. The summed E-state index contributed by atoms with van der Waals surface area (Å²) in [4.78, 5) is 35.7. The van der Waals surface area contributed by atoms with Crippen molar-refractivity contribution in [3.05, 3.63) is 77.8 Å². The number of carbonyl (C=O) groups is 2. The number of nitrogens with one attached hydrogen (secondary N) is 2. The number of carbonyl (C=O) groups excluding carboxylic acids is 2. The molecule has 11 nitrogen and oxygen atoms in total. The summed E-state index contributed by atoms with van der Waals surface area (Å²) in [7, 11) is 0. The van der Waals surface area contributed by atoms with Crippen LogP contribution in [0.25, 0.3) is 11.5 Å². The second-order valence-corrected chi connectivity index (χ2v) is 10.8. The highest BCUT2D eigenvalue weighted by atomic mass is 16.3. The second-order valence-electron chi connectivity index (χ2n) is 10.8. The van der Waals surface area contributed by atoms with Crippen molar-refractivity contribution in [3.63, 3.8) is 0 Å². The summed E-state index contributed by atoms with van der Waals surface area (Å²) in [5.41, 5.74) is 8.77. The molecule has 0 bridgehead atoms. The Balaban J connectivity index is 1.29. The molecule has 206 valence electrons. The van der Waals surface area contributed by atoms with Crippen LogP contribution in [-0.4, -0.2) is 51.1 Å². The largest absolute Gasteiger partial charge is 0.445 e. The van der Waals surface area contributed by atoms with Gasteiger partial charge in [0.05, 0.1) is 6.20 Å². The third kappa shape index (κ3) is 6.09. The van der Waals surface area contributed by atoms with E-state index in [2.05, 4.69) is 51.6 Å². The van der Waals surface area contributed by atoms with Gasteiger partial charge in [0.2, 0.25) is 11.8 Å². The Hall–Kier alpha value is -4.80. The van der Waals surface area contributed by atoms with E-state index in [4.69, 9.17) is 10.2 Å². The van der Waals surface area contributed by atoms with Gasteiger partial charge in [0.25, 0.3) is 11.8 Å². The number of nitrogens with zero attached hydrogens (tertiary/aromatic N) is 5. The molecule has 2 aromatic carbocycles. The fourth-order valence-electron chi connectivity index (χ4n) is 4.57. The molecule has 2 amide bonds. The highest BCUT2D eigenvalue weighted by molar-refractivity contribution is 5.96. The molecular formula is C29H32N8O3. The van der Waals surface area contributed by atoms with Crippen molar-refractivity contribution >= 4 is 29.3 Å². The lowest BCUT2D eigenvalue weighted by atomic mass is 9.86. The first-order chi connectivity index (χ1) is 19.2. The number of primary amides is 1. The Labute approximate surface area is 232 Å². The smallest absolute Gasteiger partial charge is 0.273 e. The van der Waals surface area contributed by atoms with Gasteiger partial charge in [0.15, 0.2) is 11.5 Å². The number of amides is 2. The van der Waals surface area contributed by atoms with Crippen LogP contribution < -0.4 is 21.3 Å². The topological polar surface area (TPSA) is 152 Å². The standard InChI is InChI=1S/C29H32N8O3/c1-29(2,3)20-10-6-18(7-11-20)26(39)33-22-5-4-15-37(17-22)28-34-25(23(24(30)38)35-36-28)32-21-12-8-19(9-13-21)27-31-14-16-40-27/h6-14,16,22H,4-5,15,17H2,1-3H3,(H2,30,38)(H,33,39)(H,32,34,36)/t22-/m1/s1. The first-order valence-corrected chi connectivity index (χ1v) is 13.2. The van der Waals surface area contributed by atoms with Crippen LogP contribution in [0.15, 0.2) is 65.4 Å². The highest BCUT2D eigenvalue weighted by Crippen LogP contribution is 2.25. The van der Waals surface area contributed by atoms with Gasteiger partial charge in [-0.1, -0.05) is 32.9 Å². The summed E-state index contributed by atoms with van der Waals surface area (Å²) in [6.07, 6.45) is 4.75. The van der Waals surface area contributed by atoms with E-state index < -0.39 is 5.91 Å². The molecule has 1 saturated heterocycles. The van der Waals surface area contributed by atoms with Crippen LogP contribution in [-0.2, 0) is 5.41 Å². The second kappa shape index (κ2) is 11.1. The lowest BCUT2D eigenvalue weighted by molar-refractivity contribution is 0.0931. The van der Waals surface area contributed by atoms with Gasteiger partial charge >= 0.3 is 0 Å². The van der Waals surface area contributed by atoms with Crippen molar-refractivity contribution in [2.24, 2.45) is 5.73 Å². The van der Waals surface area contributed by atoms with Gasteiger partial charge in [0, 0.05) is 35.9 Å². The fraction of sp³-hybridized carbons (Fsp3) is 0.310. The van der Waals surface area contributed by atoms with Crippen LogP contribution in [0.4, 0.5) is 17.5 Å². The van der Waals surface area contributed by atoms with Gasteiger partial charge in [-0.05, 0) is 60.2 Å². The number of hydrogen-bond acceptors (Lipinski definition) is 9. The van der Waals surface area contributed by atoms with Crippen molar-refractivity contribution in [2.45, 2.75) is 45.1 Å². The van der Waals surface area contributed by atoms with E-state index in [1.54, 1.807) is 6.20 Å². The zero-order valence-corrected chi connectivity index (χ0v) is 22.7.